The fraction of sp³-hybridized carbons (Fsp3) is 0.0833. The Morgan fingerprint density at radius 2 is 2.11 bits per heavy atom. The van der Waals surface area contributed by atoms with E-state index in [4.69, 9.17) is 16.7 Å². The number of nitrogens with one attached hydrogen (secondary N) is 1. The first-order valence-corrected chi connectivity index (χ1v) is 6.53. The van der Waals surface area contributed by atoms with Crippen LogP contribution in [-0.4, -0.2) is 22.0 Å². The minimum atomic E-state index is -1.13. The first-order chi connectivity index (χ1) is 9.08. The number of halogens is 1. The molecule has 0 bridgehead atoms. The maximum absolute atomic E-state index is 11.9. The minimum absolute atomic E-state index is 0.0790. The van der Waals surface area contributed by atoms with Gasteiger partial charge in [0.25, 0.3) is 5.91 Å². The second-order valence-electron chi connectivity index (χ2n) is 3.61. The van der Waals surface area contributed by atoms with Crippen LogP contribution in [0.3, 0.4) is 0 Å². The van der Waals surface area contributed by atoms with Crippen molar-refractivity contribution >= 4 is 34.8 Å². The van der Waals surface area contributed by atoms with Gasteiger partial charge in [0.1, 0.15) is 10.8 Å². The first-order valence-electron chi connectivity index (χ1n) is 5.27. The summed E-state index contributed by atoms with van der Waals surface area (Å²) in [6.45, 7) is 0. The molecule has 98 valence electrons. The Hall–Kier alpha value is -1.92. The summed E-state index contributed by atoms with van der Waals surface area (Å²) in [5.74, 6) is -1.71. The Balaban J connectivity index is 2.19. The third-order valence-electron chi connectivity index (χ3n) is 2.30. The van der Waals surface area contributed by atoms with Gasteiger partial charge in [-0.15, -0.1) is 11.3 Å². The zero-order valence-electron chi connectivity index (χ0n) is 9.54. The number of carbonyl (C=O) groups is 2. The molecule has 0 aliphatic rings. The van der Waals surface area contributed by atoms with E-state index < -0.39 is 17.9 Å². The number of aliphatic carboxylic acids is 1. The number of carboxylic acid groups (broad SMARTS) is 1. The molecule has 2 aromatic rings. The highest BCUT2D eigenvalue weighted by molar-refractivity contribution is 7.10. The van der Waals surface area contributed by atoms with Crippen molar-refractivity contribution in [3.8, 4) is 0 Å². The molecular formula is C12H9ClN2O3S. The summed E-state index contributed by atoms with van der Waals surface area (Å²) in [6.07, 6.45) is 0. The Kier molecular flexibility index (Phi) is 4.13. The van der Waals surface area contributed by atoms with E-state index in [9.17, 15) is 9.59 Å². The van der Waals surface area contributed by atoms with Gasteiger partial charge in [0.05, 0.1) is 0 Å². The molecule has 5 nitrogen and oxygen atoms in total. The van der Waals surface area contributed by atoms with Gasteiger partial charge in [0.2, 0.25) is 0 Å². The van der Waals surface area contributed by atoms with Gasteiger partial charge in [0.15, 0.2) is 6.04 Å². The molecule has 0 aliphatic carbocycles. The minimum Gasteiger partial charge on any atom is -0.479 e. The van der Waals surface area contributed by atoms with Gasteiger partial charge in [-0.3, -0.25) is 4.79 Å². The van der Waals surface area contributed by atoms with Crippen LogP contribution in [0.25, 0.3) is 0 Å². The molecule has 2 heterocycles. The molecule has 0 radical (unpaired) electrons. The normalized spacial score (nSPS) is 11.8. The van der Waals surface area contributed by atoms with Gasteiger partial charge in [0, 0.05) is 4.88 Å². The van der Waals surface area contributed by atoms with Crippen LogP contribution >= 0.6 is 22.9 Å². The second-order valence-corrected chi connectivity index (χ2v) is 4.97. The van der Waals surface area contributed by atoms with Crippen molar-refractivity contribution in [3.63, 3.8) is 0 Å². The maximum atomic E-state index is 11.9. The van der Waals surface area contributed by atoms with Crippen molar-refractivity contribution in [1.82, 2.24) is 10.3 Å². The van der Waals surface area contributed by atoms with Crippen molar-refractivity contribution in [2.24, 2.45) is 0 Å². The van der Waals surface area contributed by atoms with Gasteiger partial charge in [-0.05, 0) is 23.6 Å². The van der Waals surface area contributed by atoms with E-state index in [-0.39, 0.29) is 10.8 Å². The van der Waals surface area contributed by atoms with Crippen molar-refractivity contribution < 1.29 is 14.7 Å². The maximum Gasteiger partial charge on any atom is 0.331 e. The predicted octanol–water partition coefficient (Wildman–Crippen LogP) is 2.35. The van der Waals surface area contributed by atoms with Crippen molar-refractivity contribution in [2.75, 3.05) is 0 Å². The molecule has 1 amide bonds. The Morgan fingerprint density at radius 3 is 2.68 bits per heavy atom. The largest absolute Gasteiger partial charge is 0.479 e. The molecule has 0 aliphatic heterocycles. The Bertz CT molecular complexity index is 601. The van der Waals surface area contributed by atoms with Crippen LogP contribution in [-0.2, 0) is 4.79 Å². The average molecular weight is 297 g/mol. The van der Waals surface area contributed by atoms with E-state index in [1.165, 1.54) is 23.5 Å². The van der Waals surface area contributed by atoms with Crippen LogP contribution in [0.2, 0.25) is 5.15 Å². The van der Waals surface area contributed by atoms with E-state index in [2.05, 4.69) is 10.3 Å². The third kappa shape index (κ3) is 3.30. The summed E-state index contributed by atoms with van der Waals surface area (Å²) in [5.41, 5.74) is 0.0790. The van der Waals surface area contributed by atoms with Crippen LogP contribution in [0.5, 0.6) is 0 Å². The molecule has 7 heteroatoms. The quantitative estimate of drug-likeness (QED) is 0.849. The van der Waals surface area contributed by atoms with Gasteiger partial charge >= 0.3 is 5.97 Å². The van der Waals surface area contributed by atoms with E-state index in [1.54, 1.807) is 23.6 Å². The monoisotopic (exact) mass is 296 g/mol. The zero-order chi connectivity index (χ0) is 13.8. The van der Waals surface area contributed by atoms with Crippen molar-refractivity contribution in [2.45, 2.75) is 6.04 Å². The van der Waals surface area contributed by atoms with Crippen LogP contribution in [0.1, 0.15) is 21.4 Å². The summed E-state index contributed by atoms with van der Waals surface area (Å²) < 4.78 is 0. The molecular weight excluding hydrogens is 288 g/mol. The summed E-state index contributed by atoms with van der Waals surface area (Å²) in [6, 6.07) is 6.86. The average Bonchev–Trinajstić information content (AvgIpc) is 2.88. The molecule has 0 aromatic carbocycles. The second kappa shape index (κ2) is 5.81. The number of aromatic nitrogens is 1. The fourth-order valence-corrected chi connectivity index (χ4v) is 2.38. The Morgan fingerprint density at radius 1 is 1.32 bits per heavy atom. The standard InChI is InChI=1S/C12H9ClN2O3S/c13-9-5-1-3-7(14-9)11(16)15-10(12(17)18)8-4-2-6-19-8/h1-6,10H,(H,15,16)(H,17,18). The number of rotatable bonds is 4. The lowest BCUT2D eigenvalue weighted by molar-refractivity contribution is -0.139. The third-order valence-corrected chi connectivity index (χ3v) is 3.45. The molecule has 0 spiro atoms. The smallest absolute Gasteiger partial charge is 0.331 e. The molecule has 2 N–H and O–H groups in total. The van der Waals surface area contributed by atoms with E-state index in [0.29, 0.717) is 4.88 Å². The number of amides is 1. The lowest BCUT2D eigenvalue weighted by Gasteiger charge is -2.12. The molecule has 19 heavy (non-hydrogen) atoms. The number of thiophene rings is 1. The SMILES string of the molecule is O=C(NC(C(=O)O)c1cccs1)c1cccc(Cl)n1. The van der Waals surface area contributed by atoms with E-state index in [0.717, 1.165) is 0 Å². The lowest BCUT2D eigenvalue weighted by atomic mass is 10.2. The van der Waals surface area contributed by atoms with Crippen LogP contribution < -0.4 is 5.32 Å². The highest BCUT2D eigenvalue weighted by Gasteiger charge is 2.24. The van der Waals surface area contributed by atoms with Crippen LogP contribution in [0.4, 0.5) is 0 Å². The summed E-state index contributed by atoms with van der Waals surface area (Å²) >= 11 is 6.94. The molecule has 0 saturated heterocycles. The summed E-state index contributed by atoms with van der Waals surface area (Å²) in [4.78, 5) is 27.5. The van der Waals surface area contributed by atoms with Crippen LogP contribution in [0.15, 0.2) is 35.7 Å². The van der Waals surface area contributed by atoms with Crippen molar-refractivity contribution in [1.29, 1.82) is 0 Å². The van der Waals surface area contributed by atoms with Gasteiger partial charge in [-0.25, -0.2) is 9.78 Å². The highest BCUT2D eigenvalue weighted by atomic mass is 35.5. The first kappa shape index (κ1) is 13.5. The van der Waals surface area contributed by atoms with Gasteiger partial charge in [-0.1, -0.05) is 23.7 Å². The predicted molar refractivity (Wildman–Crippen MR) is 71.4 cm³/mol. The molecule has 1 unspecified atom stereocenters. The molecule has 2 rings (SSSR count). The van der Waals surface area contributed by atoms with E-state index >= 15 is 0 Å². The Labute approximate surface area is 117 Å². The topological polar surface area (TPSA) is 79.3 Å². The van der Waals surface area contributed by atoms with Gasteiger partial charge in [-0.2, -0.15) is 0 Å². The van der Waals surface area contributed by atoms with Crippen LogP contribution in [0, 0.1) is 0 Å². The number of pyridine rings is 1. The van der Waals surface area contributed by atoms with Gasteiger partial charge < -0.3 is 10.4 Å². The molecule has 1 atom stereocenters. The van der Waals surface area contributed by atoms with Crippen molar-refractivity contribution in [3.05, 3.63) is 51.4 Å². The fourth-order valence-electron chi connectivity index (χ4n) is 1.45. The number of hydrogen-bond acceptors (Lipinski definition) is 4. The number of nitrogens with zero attached hydrogens (tertiary/aromatic N) is 1. The zero-order valence-corrected chi connectivity index (χ0v) is 11.1. The molecule has 2 aromatic heterocycles. The lowest BCUT2D eigenvalue weighted by Crippen LogP contribution is -2.33. The summed E-state index contributed by atoms with van der Waals surface area (Å²) in [5, 5.41) is 13.5. The number of hydrogen-bond donors (Lipinski definition) is 2. The number of carboxylic acids is 1. The molecule has 0 saturated carbocycles. The molecule has 0 fully saturated rings. The summed E-state index contributed by atoms with van der Waals surface area (Å²) in [7, 11) is 0. The highest BCUT2D eigenvalue weighted by Crippen LogP contribution is 2.19. The number of carbonyl (C=O) groups excluding carboxylic acids is 1. The van der Waals surface area contributed by atoms with E-state index in [1.807, 2.05) is 0 Å².